The lowest BCUT2D eigenvalue weighted by molar-refractivity contribution is -0.140. The number of nitrogens with one attached hydrogen (secondary N) is 2. The minimum absolute atomic E-state index is 0.0570. The molecule has 0 aliphatic carbocycles. The third-order valence-corrected chi connectivity index (χ3v) is 7.27. The molecule has 2 heterocycles. The average molecular weight is 537 g/mol. The lowest BCUT2D eigenvalue weighted by Crippen LogP contribution is -2.29. The molecule has 0 saturated carbocycles. The van der Waals surface area contributed by atoms with Crippen molar-refractivity contribution in [2.24, 2.45) is 0 Å². The summed E-state index contributed by atoms with van der Waals surface area (Å²) in [6.07, 6.45) is 1.61. The van der Waals surface area contributed by atoms with Crippen molar-refractivity contribution >= 4 is 51.7 Å². The van der Waals surface area contributed by atoms with Crippen LogP contribution in [0.15, 0.2) is 88.0 Å². The molecule has 10 heteroatoms. The molecule has 1 amide bonds. The molecule has 1 atom stereocenters. The Morgan fingerprint density at radius 2 is 1.97 bits per heavy atom. The van der Waals surface area contributed by atoms with E-state index in [0.29, 0.717) is 37.6 Å². The van der Waals surface area contributed by atoms with E-state index in [2.05, 4.69) is 21.7 Å². The number of hydrogen-bond donors (Lipinski definition) is 2. The van der Waals surface area contributed by atoms with Gasteiger partial charge in [0.1, 0.15) is 6.61 Å². The average Bonchev–Trinajstić information content (AvgIpc) is 3.39. The number of carbonyl (C=O) groups is 2. The van der Waals surface area contributed by atoms with Gasteiger partial charge in [0, 0.05) is 22.3 Å². The van der Waals surface area contributed by atoms with Crippen LogP contribution in [0.1, 0.15) is 24.0 Å². The van der Waals surface area contributed by atoms with Crippen LogP contribution < -0.4 is 10.6 Å². The molecule has 1 aliphatic heterocycles. The molecular weight excluding hydrogens is 516 g/mol. The zero-order valence-corrected chi connectivity index (χ0v) is 21.5. The summed E-state index contributed by atoms with van der Waals surface area (Å²) in [6.45, 7) is 1.86. The number of esters is 1. The van der Waals surface area contributed by atoms with E-state index in [1.807, 2.05) is 30.3 Å². The van der Waals surface area contributed by atoms with Gasteiger partial charge in [0.2, 0.25) is 5.91 Å². The molecule has 4 rings (SSSR count). The molecule has 0 fully saturated rings. The third kappa shape index (κ3) is 6.15. The van der Waals surface area contributed by atoms with Gasteiger partial charge >= 0.3 is 5.97 Å². The molecule has 0 spiro atoms. The molecule has 36 heavy (non-hydrogen) atoms. The molecule has 7 nitrogen and oxygen atoms in total. The predicted octanol–water partition coefficient (Wildman–Crippen LogP) is 5.61. The van der Waals surface area contributed by atoms with Gasteiger partial charge < -0.3 is 15.4 Å². The van der Waals surface area contributed by atoms with Crippen molar-refractivity contribution in [3.8, 4) is 6.07 Å². The Balaban J connectivity index is 1.60. The largest absolute Gasteiger partial charge is 0.457 e. The second-order valence-corrected chi connectivity index (χ2v) is 10.1. The number of benzene rings is 2. The van der Waals surface area contributed by atoms with Crippen molar-refractivity contribution in [2.75, 3.05) is 11.1 Å². The highest BCUT2D eigenvalue weighted by Crippen LogP contribution is 2.41. The summed E-state index contributed by atoms with van der Waals surface area (Å²) in [5.41, 5.74) is 2.78. The van der Waals surface area contributed by atoms with Crippen LogP contribution >= 0.6 is 34.7 Å². The maximum atomic E-state index is 13.3. The number of halogens is 1. The Labute approximate surface area is 221 Å². The van der Waals surface area contributed by atoms with Crippen LogP contribution in [0.25, 0.3) is 0 Å². The molecule has 2 N–H and O–H groups in total. The molecule has 0 saturated heterocycles. The van der Waals surface area contributed by atoms with Gasteiger partial charge in [-0.3, -0.25) is 4.79 Å². The van der Waals surface area contributed by atoms with Gasteiger partial charge in [-0.1, -0.05) is 65.8 Å². The number of ether oxygens (including phenoxy) is 1. The molecule has 3 aromatic rings. The van der Waals surface area contributed by atoms with E-state index in [9.17, 15) is 14.9 Å². The van der Waals surface area contributed by atoms with Gasteiger partial charge in [-0.2, -0.15) is 5.26 Å². The topological polar surface area (TPSA) is 104 Å². The number of allylic oxidation sites excluding steroid dienone is 2. The quantitative estimate of drug-likeness (QED) is 0.361. The summed E-state index contributed by atoms with van der Waals surface area (Å²) in [6, 6.07) is 18.6. The number of aromatic nitrogens is 1. The Hall–Kier alpha value is -3.58. The molecular formula is C26H21ClN4O3S2. The molecule has 182 valence electrons. The minimum atomic E-state index is -0.679. The number of thiazole rings is 1. The van der Waals surface area contributed by atoms with Crippen LogP contribution in [0.4, 0.5) is 5.13 Å². The van der Waals surface area contributed by atoms with Gasteiger partial charge in [-0.15, -0.1) is 11.3 Å². The molecule has 1 unspecified atom stereocenters. The maximum Gasteiger partial charge on any atom is 0.337 e. The number of carbonyl (C=O) groups excluding carboxylic acids is 2. The Bertz CT molecular complexity index is 1350. The third-order valence-electron chi connectivity index (χ3n) is 5.31. The van der Waals surface area contributed by atoms with Gasteiger partial charge in [0.15, 0.2) is 5.13 Å². The molecule has 2 aromatic carbocycles. The number of amides is 1. The van der Waals surface area contributed by atoms with Gasteiger partial charge in [0.25, 0.3) is 0 Å². The fraction of sp³-hybridized carbons (Fsp3) is 0.154. The lowest BCUT2D eigenvalue weighted by Gasteiger charge is -2.29. The number of nitrogens with zero attached hydrogens (tertiary/aromatic N) is 2. The number of dihydropyridines is 1. The molecule has 1 aliphatic rings. The summed E-state index contributed by atoms with van der Waals surface area (Å²) in [7, 11) is 0. The predicted molar refractivity (Wildman–Crippen MR) is 142 cm³/mol. The summed E-state index contributed by atoms with van der Waals surface area (Å²) >= 11 is 8.60. The Kier molecular flexibility index (Phi) is 8.44. The van der Waals surface area contributed by atoms with E-state index < -0.39 is 11.9 Å². The number of anilines is 1. The highest BCUT2D eigenvalue weighted by Gasteiger charge is 2.35. The fourth-order valence-electron chi connectivity index (χ4n) is 3.66. The highest BCUT2D eigenvalue weighted by atomic mass is 35.5. The summed E-state index contributed by atoms with van der Waals surface area (Å²) in [5, 5.41) is 19.3. The van der Waals surface area contributed by atoms with Crippen LogP contribution in [-0.2, 0) is 20.9 Å². The Morgan fingerprint density at radius 1 is 1.22 bits per heavy atom. The van der Waals surface area contributed by atoms with Crippen LogP contribution in [0.2, 0.25) is 5.02 Å². The van der Waals surface area contributed by atoms with Crippen LogP contribution in [0.3, 0.4) is 0 Å². The number of rotatable bonds is 8. The normalized spacial score (nSPS) is 15.2. The summed E-state index contributed by atoms with van der Waals surface area (Å²) in [5.74, 6) is -1.40. The maximum absolute atomic E-state index is 13.3. The van der Waals surface area contributed by atoms with E-state index in [4.69, 9.17) is 16.3 Å². The standard InChI is InChI=1S/C26H21ClN4O3S2/c1-16-22(25(33)34-14-17-5-3-2-4-6-17)23(18-7-9-19(27)10-8-18)20(13-28)24(30-16)36-15-21(32)31-26-29-11-12-35-26/h2-12,23,30H,14-15H2,1H3,(H,29,31,32). The number of hydrogen-bond acceptors (Lipinski definition) is 8. The summed E-state index contributed by atoms with van der Waals surface area (Å²) < 4.78 is 5.63. The van der Waals surface area contributed by atoms with Crippen molar-refractivity contribution in [3.05, 3.63) is 104 Å². The lowest BCUT2D eigenvalue weighted by atomic mass is 9.82. The monoisotopic (exact) mass is 536 g/mol. The van der Waals surface area contributed by atoms with Crippen molar-refractivity contribution < 1.29 is 14.3 Å². The summed E-state index contributed by atoms with van der Waals surface area (Å²) in [4.78, 5) is 29.8. The first-order valence-corrected chi connectivity index (χ1v) is 13.1. The van der Waals surface area contributed by atoms with Gasteiger partial charge in [0.05, 0.1) is 33.9 Å². The van der Waals surface area contributed by atoms with Crippen molar-refractivity contribution in [3.63, 3.8) is 0 Å². The van der Waals surface area contributed by atoms with Gasteiger partial charge in [-0.05, 0) is 30.2 Å². The van der Waals surface area contributed by atoms with E-state index in [-0.39, 0.29) is 18.3 Å². The van der Waals surface area contributed by atoms with E-state index in [0.717, 1.165) is 5.56 Å². The van der Waals surface area contributed by atoms with Crippen LogP contribution in [0, 0.1) is 11.3 Å². The van der Waals surface area contributed by atoms with E-state index in [1.54, 1.807) is 42.8 Å². The Morgan fingerprint density at radius 3 is 2.64 bits per heavy atom. The zero-order valence-electron chi connectivity index (χ0n) is 19.2. The smallest absolute Gasteiger partial charge is 0.337 e. The first kappa shape index (κ1) is 25.5. The fourth-order valence-corrected chi connectivity index (χ4v) is 5.23. The van der Waals surface area contributed by atoms with Crippen LogP contribution in [0.5, 0.6) is 0 Å². The van der Waals surface area contributed by atoms with Crippen molar-refractivity contribution in [2.45, 2.75) is 19.4 Å². The second-order valence-electron chi connectivity index (χ2n) is 7.74. The zero-order chi connectivity index (χ0) is 25.5. The van der Waals surface area contributed by atoms with Crippen molar-refractivity contribution in [1.82, 2.24) is 10.3 Å². The molecule has 1 aromatic heterocycles. The second kappa shape index (κ2) is 11.9. The SMILES string of the molecule is CC1=C(C(=O)OCc2ccccc2)C(c2ccc(Cl)cc2)C(C#N)=C(SCC(=O)Nc2nccs2)N1. The first-order valence-electron chi connectivity index (χ1n) is 10.9. The molecule has 0 bridgehead atoms. The highest BCUT2D eigenvalue weighted by molar-refractivity contribution is 8.03. The first-order chi connectivity index (χ1) is 17.5. The van der Waals surface area contributed by atoms with Gasteiger partial charge in [-0.25, -0.2) is 9.78 Å². The molecule has 0 radical (unpaired) electrons. The minimum Gasteiger partial charge on any atom is -0.457 e. The van der Waals surface area contributed by atoms with Crippen LogP contribution in [-0.4, -0.2) is 22.6 Å². The van der Waals surface area contributed by atoms with E-state index in [1.165, 1.54) is 23.1 Å². The number of nitriles is 1. The van der Waals surface area contributed by atoms with Crippen molar-refractivity contribution in [1.29, 1.82) is 5.26 Å². The number of thioether (sulfide) groups is 1. The van der Waals surface area contributed by atoms with E-state index >= 15 is 0 Å².